The van der Waals surface area contributed by atoms with Crippen molar-refractivity contribution in [2.45, 2.75) is 57.1 Å². The highest BCUT2D eigenvalue weighted by molar-refractivity contribution is 5.66. The second-order valence-electron chi connectivity index (χ2n) is 9.42. The first kappa shape index (κ1) is 18.4. The summed E-state index contributed by atoms with van der Waals surface area (Å²) in [6.45, 7) is 6.76. The van der Waals surface area contributed by atoms with Crippen molar-refractivity contribution in [3.05, 3.63) is 63.5 Å². The van der Waals surface area contributed by atoms with Crippen molar-refractivity contribution < 1.29 is 9.50 Å². The van der Waals surface area contributed by atoms with E-state index in [1.165, 1.54) is 16.8 Å². The lowest BCUT2D eigenvalue weighted by molar-refractivity contribution is -0.0552. The topological polar surface area (TPSA) is 71.6 Å². The molecule has 1 fully saturated rings. The van der Waals surface area contributed by atoms with E-state index in [2.05, 4.69) is 25.2 Å². The van der Waals surface area contributed by atoms with Crippen molar-refractivity contribution in [2.75, 3.05) is 11.9 Å². The molecule has 7 heteroatoms. The molecule has 0 unspecified atom stereocenters. The van der Waals surface area contributed by atoms with E-state index in [9.17, 15) is 14.3 Å². The highest BCUT2D eigenvalue weighted by atomic mass is 19.1. The maximum Gasteiger partial charge on any atom is 0.350 e. The number of pyridine rings is 1. The third-order valence-electron chi connectivity index (χ3n) is 6.25. The molecule has 0 spiro atoms. The second kappa shape index (κ2) is 5.92. The number of fused-ring (bicyclic) bond motifs is 3. The third-order valence-corrected chi connectivity index (χ3v) is 6.25. The van der Waals surface area contributed by atoms with Crippen LogP contribution in [-0.4, -0.2) is 31.4 Å². The third kappa shape index (κ3) is 2.87. The molecule has 1 aliphatic heterocycles. The van der Waals surface area contributed by atoms with Gasteiger partial charge < -0.3 is 10.4 Å². The zero-order valence-corrected chi connectivity index (χ0v) is 16.9. The summed E-state index contributed by atoms with van der Waals surface area (Å²) in [6, 6.07) is 8.38. The van der Waals surface area contributed by atoms with Gasteiger partial charge >= 0.3 is 5.69 Å². The van der Waals surface area contributed by atoms with Gasteiger partial charge in [-0.05, 0) is 43.5 Å². The predicted molar refractivity (Wildman–Crippen MR) is 109 cm³/mol. The fraction of sp³-hybridized carbons (Fsp3) is 0.455. The van der Waals surface area contributed by atoms with E-state index in [4.69, 9.17) is 5.10 Å². The molecule has 2 N–H and O–H groups in total. The number of anilines is 1. The normalized spacial score (nSPS) is 24.9. The van der Waals surface area contributed by atoms with Crippen LogP contribution in [0.2, 0.25) is 0 Å². The van der Waals surface area contributed by atoms with Gasteiger partial charge in [0.25, 0.3) is 0 Å². The number of benzene rings is 1. The Labute approximate surface area is 168 Å². The molecule has 1 aliphatic carbocycles. The first-order chi connectivity index (χ1) is 13.6. The van der Waals surface area contributed by atoms with Gasteiger partial charge in [0.1, 0.15) is 5.82 Å². The maximum absolute atomic E-state index is 13.4. The van der Waals surface area contributed by atoms with Crippen LogP contribution in [0.4, 0.5) is 10.1 Å². The van der Waals surface area contributed by atoms with Gasteiger partial charge in [0.15, 0.2) is 5.65 Å². The SMILES string of the molecule is CC1(O)CC(n2nc3c(Cc4ccc(F)cc4)cc4c(n3c2=O)C(C)(C)CN4)C1. The van der Waals surface area contributed by atoms with Crippen molar-refractivity contribution in [2.24, 2.45) is 0 Å². The van der Waals surface area contributed by atoms with Crippen LogP contribution >= 0.6 is 0 Å². The summed E-state index contributed by atoms with van der Waals surface area (Å²) in [5.74, 6) is -0.270. The van der Waals surface area contributed by atoms with E-state index >= 15 is 0 Å². The predicted octanol–water partition coefficient (Wildman–Crippen LogP) is 3.01. The molecule has 2 aliphatic rings. The Bertz CT molecular complexity index is 1170. The van der Waals surface area contributed by atoms with Gasteiger partial charge in [-0.3, -0.25) is 0 Å². The smallest absolute Gasteiger partial charge is 0.350 e. The average molecular weight is 396 g/mol. The molecule has 152 valence electrons. The van der Waals surface area contributed by atoms with Crippen molar-refractivity contribution in [3.63, 3.8) is 0 Å². The van der Waals surface area contributed by atoms with Crippen molar-refractivity contribution >= 4 is 11.3 Å². The molecule has 0 amide bonds. The minimum absolute atomic E-state index is 0.0933. The second-order valence-corrected chi connectivity index (χ2v) is 9.42. The number of nitrogens with one attached hydrogen (secondary N) is 1. The molecule has 0 radical (unpaired) electrons. The molecular formula is C22H25FN4O2. The van der Waals surface area contributed by atoms with Gasteiger partial charge in [-0.2, -0.15) is 0 Å². The largest absolute Gasteiger partial charge is 0.390 e. The van der Waals surface area contributed by atoms with E-state index in [-0.39, 0.29) is 23.0 Å². The number of hydrogen-bond acceptors (Lipinski definition) is 4. The van der Waals surface area contributed by atoms with Crippen molar-refractivity contribution in [1.82, 2.24) is 14.2 Å². The fourth-order valence-electron chi connectivity index (χ4n) is 4.74. The summed E-state index contributed by atoms with van der Waals surface area (Å²) in [4.78, 5) is 13.4. The van der Waals surface area contributed by atoms with Crippen LogP contribution in [0.5, 0.6) is 0 Å². The molecule has 6 nitrogen and oxygen atoms in total. The van der Waals surface area contributed by atoms with Gasteiger partial charge in [0.05, 0.1) is 23.0 Å². The number of rotatable bonds is 3. The zero-order chi connectivity index (χ0) is 20.6. The standard InChI is InChI=1S/C22H25FN4O2/c1-21(2)12-24-17-9-14(8-13-4-6-15(23)7-5-13)19-25-27(16-10-22(3,29)11-16)20(28)26(19)18(17)21/h4-7,9,16,24,29H,8,10-12H2,1-3H3. The number of hydrogen-bond donors (Lipinski definition) is 2. The lowest BCUT2D eigenvalue weighted by atomic mass is 9.77. The van der Waals surface area contributed by atoms with Gasteiger partial charge in [-0.15, -0.1) is 5.10 Å². The Morgan fingerprint density at radius 3 is 2.59 bits per heavy atom. The molecule has 1 aromatic carbocycles. The molecule has 0 bridgehead atoms. The molecule has 3 aromatic rings. The van der Waals surface area contributed by atoms with Crippen LogP contribution in [-0.2, 0) is 11.8 Å². The Balaban J connectivity index is 1.69. The number of aromatic nitrogens is 3. The number of aliphatic hydroxyl groups is 1. The van der Waals surface area contributed by atoms with Gasteiger partial charge in [-0.25, -0.2) is 18.3 Å². The lowest BCUT2D eigenvalue weighted by Crippen LogP contribution is -2.45. The summed E-state index contributed by atoms with van der Waals surface area (Å²) >= 11 is 0. The highest BCUT2D eigenvalue weighted by Gasteiger charge is 2.42. The summed E-state index contributed by atoms with van der Waals surface area (Å²) in [6.07, 6.45) is 1.60. The van der Waals surface area contributed by atoms with Crippen LogP contribution in [0, 0.1) is 5.82 Å². The van der Waals surface area contributed by atoms with Crippen LogP contribution in [0.3, 0.4) is 0 Å². The molecule has 29 heavy (non-hydrogen) atoms. The molecule has 5 rings (SSSR count). The number of halogens is 1. The highest BCUT2D eigenvalue weighted by Crippen LogP contribution is 2.41. The van der Waals surface area contributed by atoms with Gasteiger partial charge in [0.2, 0.25) is 0 Å². The summed E-state index contributed by atoms with van der Waals surface area (Å²) in [5, 5.41) is 18.3. The summed E-state index contributed by atoms with van der Waals surface area (Å²) in [7, 11) is 0. The molecule has 2 aromatic heterocycles. The quantitative estimate of drug-likeness (QED) is 0.714. The minimum Gasteiger partial charge on any atom is -0.390 e. The van der Waals surface area contributed by atoms with Crippen LogP contribution in [0.1, 0.15) is 56.5 Å². The average Bonchev–Trinajstić information content (AvgIpc) is 3.12. The molecule has 0 atom stereocenters. The Hall–Kier alpha value is -2.67. The molecule has 3 heterocycles. The Morgan fingerprint density at radius 1 is 1.24 bits per heavy atom. The van der Waals surface area contributed by atoms with Crippen LogP contribution < -0.4 is 11.0 Å². The van der Waals surface area contributed by atoms with Gasteiger partial charge in [0, 0.05) is 23.9 Å². The first-order valence-electron chi connectivity index (χ1n) is 10.0. The summed E-state index contributed by atoms with van der Waals surface area (Å²) in [5.41, 5.74) is 3.31. The molecule has 1 saturated carbocycles. The lowest BCUT2D eigenvalue weighted by Gasteiger charge is -2.40. The van der Waals surface area contributed by atoms with Crippen LogP contribution in [0.25, 0.3) is 5.65 Å². The summed E-state index contributed by atoms with van der Waals surface area (Å²) < 4.78 is 16.6. The Kier molecular flexibility index (Phi) is 3.75. The fourth-order valence-corrected chi connectivity index (χ4v) is 4.74. The first-order valence-corrected chi connectivity index (χ1v) is 10.0. The molecule has 0 saturated heterocycles. The zero-order valence-electron chi connectivity index (χ0n) is 16.9. The van der Waals surface area contributed by atoms with E-state index < -0.39 is 5.60 Å². The van der Waals surface area contributed by atoms with E-state index in [1.54, 1.807) is 23.5 Å². The van der Waals surface area contributed by atoms with Crippen molar-refractivity contribution in [3.8, 4) is 0 Å². The van der Waals surface area contributed by atoms with Gasteiger partial charge in [-0.1, -0.05) is 26.0 Å². The van der Waals surface area contributed by atoms with E-state index in [0.29, 0.717) is 24.9 Å². The maximum atomic E-state index is 13.4. The number of nitrogens with zero attached hydrogens (tertiary/aromatic N) is 3. The van der Waals surface area contributed by atoms with E-state index in [1.807, 2.05) is 0 Å². The van der Waals surface area contributed by atoms with E-state index in [0.717, 1.165) is 29.1 Å². The molecular weight excluding hydrogens is 371 g/mol. The van der Waals surface area contributed by atoms with Crippen molar-refractivity contribution in [1.29, 1.82) is 0 Å². The minimum atomic E-state index is -0.736. The monoisotopic (exact) mass is 396 g/mol. The van der Waals surface area contributed by atoms with Crippen LogP contribution in [0.15, 0.2) is 35.1 Å². The Morgan fingerprint density at radius 2 is 1.93 bits per heavy atom.